The zero-order valence-electron chi connectivity index (χ0n) is 9.41. The molecule has 0 bridgehead atoms. The third kappa shape index (κ3) is 3.06. The summed E-state index contributed by atoms with van der Waals surface area (Å²) in [5, 5.41) is 7.56. The van der Waals surface area contributed by atoms with E-state index in [0.29, 0.717) is 0 Å². The van der Waals surface area contributed by atoms with Gasteiger partial charge in [0.25, 0.3) is 0 Å². The molecular formula is C13H13ClFNS. The van der Waals surface area contributed by atoms with Gasteiger partial charge in [-0.05, 0) is 53.6 Å². The summed E-state index contributed by atoms with van der Waals surface area (Å²) in [6.45, 7) is 0. The fourth-order valence-corrected chi connectivity index (χ4v) is 2.59. The van der Waals surface area contributed by atoms with Gasteiger partial charge in [0.05, 0.1) is 5.02 Å². The van der Waals surface area contributed by atoms with Crippen LogP contribution in [0.25, 0.3) is 0 Å². The summed E-state index contributed by atoms with van der Waals surface area (Å²) >= 11 is 7.33. The van der Waals surface area contributed by atoms with Gasteiger partial charge in [0.1, 0.15) is 5.82 Å². The Balaban J connectivity index is 2.16. The van der Waals surface area contributed by atoms with Gasteiger partial charge in [-0.25, -0.2) is 4.39 Å². The molecule has 1 unspecified atom stereocenters. The van der Waals surface area contributed by atoms with Crippen molar-refractivity contribution < 1.29 is 4.39 Å². The van der Waals surface area contributed by atoms with Crippen LogP contribution in [0, 0.1) is 5.82 Å². The molecule has 2 rings (SSSR count). The van der Waals surface area contributed by atoms with Gasteiger partial charge >= 0.3 is 0 Å². The van der Waals surface area contributed by atoms with Crippen LogP contribution < -0.4 is 5.32 Å². The maximum Gasteiger partial charge on any atom is 0.142 e. The Bertz CT molecular complexity index is 484. The maximum absolute atomic E-state index is 13.3. The molecule has 90 valence electrons. The molecule has 1 nitrogen and oxygen atoms in total. The molecule has 17 heavy (non-hydrogen) atoms. The minimum atomic E-state index is -0.357. The number of rotatable bonds is 4. The normalized spacial score (nSPS) is 12.6. The molecule has 0 amide bonds. The van der Waals surface area contributed by atoms with Crippen LogP contribution >= 0.6 is 22.9 Å². The number of halogens is 2. The van der Waals surface area contributed by atoms with E-state index in [-0.39, 0.29) is 16.9 Å². The van der Waals surface area contributed by atoms with Crippen LogP contribution in [0.3, 0.4) is 0 Å². The molecule has 2 aromatic rings. The third-order valence-corrected chi connectivity index (χ3v) is 3.73. The van der Waals surface area contributed by atoms with Crippen LogP contribution in [0.5, 0.6) is 0 Å². The summed E-state index contributed by atoms with van der Waals surface area (Å²) in [4.78, 5) is 0. The first-order chi connectivity index (χ1) is 8.20. The van der Waals surface area contributed by atoms with Crippen molar-refractivity contribution in [1.82, 2.24) is 5.32 Å². The standard InChI is InChI=1S/C13H13ClFNS/c1-16-13(10-4-5-17-8-10)7-9-2-3-11(14)12(15)6-9/h2-6,8,13,16H,7H2,1H3. The van der Waals surface area contributed by atoms with Crippen molar-refractivity contribution >= 4 is 22.9 Å². The molecule has 1 aromatic carbocycles. The van der Waals surface area contributed by atoms with E-state index in [1.165, 1.54) is 11.6 Å². The van der Waals surface area contributed by atoms with E-state index in [0.717, 1.165) is 12.0 Å². The monoisotopic (exact) mass is 269 g/mol. The van der Waals surface area contributed by atoms with E-state index in [2.05, 4.69) is 16.8 Å². The molecule has 0 aliphatic rings. The highest BCUT2D eigenvalue weighted by atomic mass is 35.5. The van der Waals surface area contributed by atoms with Crippen LogP contribution in [0.4, 0.5) is 4.39 Å². The van der Waals surface area contributed by atoms with Gasteiger partial charge in [-0.15, -0.1) is 0 Å². The Morgan fingerprint density at radius 3 is 2.82 bits per heavy atom. The predicted molar refractivity (Wildman–Crippen MR) is 71.2 cm³/mol. The smallest absolute Gasteiger partial charge is 0.142 e. The van der Waals surface area contributed by atoms with Crippen LogP contribution in [0.1, 0.15) is 17.2 Å². The quantitative estimate of drug-likeness (QED) is 0.883. The van der Waals surface area contributed by atoms with Crippen molar-refractivity contribution in [1.29, 1.82) is 0 Å². The van der Waals surface area contributed by atoms with Gasteiger partial charge in [-0.3, -0.25) is 0 Å². The molecule has 1 aromatic heterocycles. The number of hydrogen-bond donors (Lipinski definition) is 1. The molecule has 0 radical (unpaired) electrons. The van der Waals surface area contributed by atoms with Crippen molar-refractivity contribution in [3.05, 3.63) is 57.0 Å². The Morgan fingerprint density at radius 1 is 1.41 bits per heavy atom. The molecular weight excluding hydrogens is 257 g/mol. The first-order valence-electron chi connectivity index (χ1n) is 5.34. The van der Waals surface area contributed by atoms with E-state index in [1.54, 1.807) is 17.4 Å². The molecule has 0 saturated heterocycles. The molecule has 1 atom stereocenters. The summed E-state index contributed by atoms with van der Waals surface area (Å²) < 4.78 is 13.3. The molecule has 1 heterocycles. The van der Waals surface area contributed by atoms with Crippen molar-refractivity contribution in [3.63, 3.8) is 0 Å². The molecule has 0 saturated carbocycles. The van der Waals surface area contributed by atoms with Gasteiger partial charge < -0.3 is 5.32 Å². The fourth-order valence-electron chi connectivity index (χ4n) is 1.76. The van der Waals surface area contributed by atoms with Crippen LogP contribution in [-0.2, 0) is 6.42 Å². The predicted octanol–water partition coefficient (Wildman–Crippen LogP) is 4.04. The fraction of sp³-hybridized carbons (Fsp3) is 0.231. The Hall–Kier alpha value is -0.900. The van der Waals surface area contributed by atoms with Gasteiger partial charge in [0.15, 0.2) is 0 Å². The zero-order valence-corrected chi connectivity index (χ0v) is 11.0. The number of nitrogens with one attached hydrogen (secondary N) is 1. The maximum atomic E-state index is 13.3. The number of benzene rings is 1. The van der Waals surface area contributed by atoms with Gasteiger partial charge in [0.2, 0.25) is 0 Å². The van der Waals surface area contributed by atoms with E-state index < -0.39 is 0 Å². The van der Waals surface area contributed by atoms with Gasteiger partial charge in [-0.2, -0.15) is 11.3 Å². The SMILES string of the molecule is CNC(Cc1ccc(Cl)c(F)c1)c1ccsc1. The minimum Gasteiger partial charge on any atom is -0.313 e. The highest BCUT2D eigenvalue weighted by molar-refractivity contribution is 7.07. The summed E-state index contributed by atoms with van der Waals surface area (Å²) in [6.07, 6.45) is 0.751. The molecule has 0 aliphatic heterocycles. The van der Waals surface area contributed by atoms with Crippen LogP contribution in [0.15, 0.2) is 35.0 Å². The van der Waals surface area contributed by atoms with E-state index >= 15 is 0 Å². The lowest BCUT2D eigenvalue weighted by Gasteiger charge is -2.15. The van der Waals surface area contributed by atoms with Crippen LogP contribution in [0.2, 0.25) is 5.02 Å². The summed E-state index contributed by atoms with van der Waals surface area (Å²) in [7, 11) is 1.91. The highest BCUT2D eigenvalue weighted by Gasteiger charge is 2.11. The third-order valence-electron chi connectivity index (χ3n) is 2.72. The average Bonchev–Trinajstić information content (AvgIpc) is 2.84. The van der Waals surface area contributed by atoms with E-state index in [4.69, 9.17) is 11.6 Å². The second kappa shape index (κ2) is 5.63. The number of thiophene rings is 1. The van der Waals surface area contributed by atoms with E-state index in [1.807, 2.05) is 18.5 Å². The van der Waals surface area contributed by atoms with Gasteiger partial charge in [0, 0.05) is 6.04 Å². The molecule has 0 aliphatic carbocycles. The first-order valence-corrected chi connectivity index (χ1v) is 6.66. The molecule has 0 fully saturated rings. The first kappa shape index (κ1) is 12.6. The second-order valence-electron chi connectivity index (χ2n) is 3.85. The van der Waals surface area contributed by atoms with Crippen molar-refractivity contribution in [2.75, 3.05) is 7.05 Å². The Labute approximate surface area is 109 Å². The molecule has 0 spiro atoms. The van der Waals surface area contributed by atoms with E-state index in [9.17, 15) is 4.39 Å². The second-order valence-corrected chi connectivity index (χ2v) is 5.04. The topological polar surface area (TPSA) is 12.0 Å². The Kier molecular flexibility index (Phi) is 4.15. The number of likely N-dealkylation sites (N-methyl/N-ethyl adjacent to an activating group) is 1. The average molecular weight is 270 g/mol. The van der Waals surface area contributed by atoms with Crippen molar-refractivity contribution in [3.8, 4) is 0 Å². The lowest BCUT2D eigenvalue weighted by Crippen LogP contribution is -2.18. The molecule has 4 heteroatoms. The largest absolute Gasteiger partial charge is 0.313 e. The minimum absolute atomic E-state index is 0.172. The van der Waals surface area contributed by atoms with Gasteiger partial charge in [-0.1, -0.05) is 17.7 Å². The summed E-state index contributed by atoms with van der Waals surface area (Å²) in [5.74, 6) is -0.357. The Morgan fingerprint density at radius 2 is 2.24 bits per heavy atom. The van der Waals surface area contributed by atoms with Crippen molar-refractivity contribution in [2.24, 2.45) is 0 Å². The highest BCUT2D eigenvalue weighted by Crippen LogP contribution is 2.22. The number of hydrogen-bond acceptors (Lipinski definition) is 2. The van der Waals surface area contributed by atoms with Crippen LogP contribution in [-0.4, -0.2) is 7.05 Å². The summed E-state index contributed by atoms with van der Waals surface area (Å²) in [5.41, 5.74) is 2.17. The molecule has 1 N–H and O–H groups in total. The van der Waals surface area contributed by atoms with Crippen molar-refractivity contribution in [2.45, 2.75) is 12.5 Å². The lowest BCUT2D eigenvalue weighted by atomic mass is 10.0. The summed E-state index contributed by atoms with van der Waals surface area (Å²) in [6, 6.07) is 7.26. The zero-order chi connectivity index (χ0) is 12.3. The lowest BCUT2D eigenvalue weighted by molar-refractivity contribution is 0.586.